The zero-order valence-electron chi connectivity index (χ0n) is 10.3. The zero-order valence-corrected chi connectivity index (χ0v) is 11.1. The average molecular weight is 261 g/mol. The van der Waals surface area contributed by atoms with Gasteiger partial charge in [0.2, 0.25) is 5.91 Å². The van der Waals surface area contributed by atoms with Gasteiger partial charge < -0.3 is 10.6 Å². The predicted octanol–water partition coefficient (Wildman–Crippen LogP) is 3.27. The molecule has 1 unspecified atom stereocenters. The van der Waals surface area contributed by atoms with Crippen molar-refractivity contribution in [1.82, 2.24) is 4.98 Å². The third-order valence-electron chi connectivity index (χ3n) is 2.46. The van der Waals surface area contributed by atoms with Gasteiger partial charge in [-0.2, -0.15) is 0 Å². The monoisotopic (exact) mass is 261 g/mol. The lowest BCUT2D eigenvalue weighted by atomic mass is 10.2. The summed E-state index contributed by atoms with van der Waals surface area (Å²) in [6.45, 7) is 3.55. The molecule has 0 spiro atoms. The van der Waals surface area contributed by atoms with E-state index in [-0.39, 0.29) is 11.9 Å². The summed E-state index contributed by atoms with van der Waals surface area (Å²) in [5, 5.41) is 8.13. The third-order valence-corrected chi connectivity index (χ3v) is 3.07. The van der Waals surface area contributed by atoms with Gasteiger partial charge >= 0.3 is 0 Å². The molecule has 1 heterocycles. The van der Waals surface area contributed by atoms with Crippen LogP contribution in [0.4, 0.5) is 11.4 Å². The van der Waals surface area contributed by atoms with E-state index >= 15 is 0 Å². The normalized spacial score (nSPS) is 11.9. The number of carbonyl (C=O) groups is 1. The van der Waals surface area contributed by atoms with Crippen molar-refractivity contribution in [2.75, 3.05) is 10.6 Å². The number of aromatic nitrogens is 1. The van der Waals surface area contributed by atoms with Crippen LogP contribution in [0.3, 0.4) is 0 Å². The van der Waals surface area contributed by atoms with Gasteiger partial charge in [-0.1, -0.05) is 6.07 Å². The standard InChI is InChI=1S/C13H15N3OS/c1-9(13-7-18-8-14-13)15-11-4-3-5-12(6-11)16-10(2)17/h3-9,15H,1-2H3,(H,16,17). The number of anilines is 2. The lowest BCUT2D eigenvalue weighted by Gasteiger charge is -2.14. The number of hydrogen-bond donors (Lipinski definition) is 2. The highest BCUT2D eigenvalue weighted by Gasteiger charge is 2.07. The summed E-state index contributed by atoms with van der Waals surface area (Å²) in [6, 6.07) is 7.78. The summed E-state index contributed by atoms with van der Waals surface area (Å²) in [4.78, 5) is 15.3. The minimum Gasteiger partial charge on any atom is -0.377 e. The second kappa shape index (κ2) is 5.64. The highest BCUT2D eigenvalue weighted by molar-refractivity contribution is 7.07. The first kappa shape index (κ1) is 12.6. The molecule has 1 aromatic carbocycles. The van der Waals surface area contributed by atoms with Crippen molar-refractivity contribution < 1.29 is 4.79 Å². The maximum atomic E-state index is 11.0. The molecule has 2 N–H and O–H groups in total. The van der Waals surface area contributed by atoms with Crippen molar-refractivity contribution in [3.05, 3.63) is 40.8 Å². The molecule has 0 saturated heterocycles. The largest absolute Gasteiger partial charge is 0.377 e. The van der Waals surface area contributed by atoms with E-state index in [0.29, 0.717) is 0 Å². The Balaban J connectivity index is 2.07. The highest BCUT2D eigenvalue weighted by atomic mass is 32.1. The van der Waals surface area contributed by atoms with Crippen LogP contribution in [0.5, 0.6) is 0 Å². The first-order valence-electron chi connectivity index (χ1n) is 5.67. The Morgan fingerprint density at radius 3 is 2.83 bits per heavy atom. The minimum absolute atomic E-state index is 0.0697. The number of hydrogen-bond acceptors (Lipinski definition) is 4. The van der Waals surface area contributed by atoms with Gasteiger partial charge in [-0.15, -0.1) is 11.3 Å². The maximum Gasteiger partial charge on any atom is 0.221 e. The second-order valence-corrected chi connectivity index (χ2v) is 4.76. The molecule has 0 aliphatic rings. The van der Waals surface area contributed by atoms with Crippen LogP contribution in [0.25, 0.3) is 0 Å². The fourth-order valence-electron chi connectivity index (χ4n) is 1.65. The summed E-state index contributed by atoms with van der Waals surface area (Å²) in [6.07, 6.45) is 0. The molecule has 94 valence electrons. The summed E-state index contributed by atoms with van der Waals surface area (Å²) in [5.41, 5.74) is 4.59. The number of nitrogens with zero attached hydrogens (tertiary/aromatic N) is 1. The number of carbonyl (C=O) groups excluding carboxylic acids is 1. The first-order valence-corrected chi connectivity index (χ1v) is 6.61. The van der Waals surface area contributed by atoms with Crippen LogP contribution in [0, 0.1) is 0 Å². The van der Waals surface area contributed by atoms with Crippen molar-refractivity contribution in [2.24, 2.45) is 0 Å². The number of amides is 1. The van der Waals surface area contributed by atoms with Gasteiger partial charge in [0.05, 0.1) is 17.2 Å². The molecule has 1 aromatic heterocycles. The Bertz CT molecular complexity index is 525. The van der Waals surface area contributed by atoms with Crippen LogP contribution in [-0.2, 0) is 4.79 Å². The molecule has 0 aliphatic carbocycles. The van der Waals surface area contributed by atoms with Crippen molar-refractivity contribution in [2.45, 2.75) is 19.9 Å². The molecular formula is C13H15N3OS. The number of rotatable bonds is 4. The summed E-state index contributed by atoms with van der Waals surface area (Å²) in [5.74, 6) is -0.0697. The SMILES string of the molecule is CC(=O)Nc1cccc(NC(C)c2cscn2)c1. The maximum absolute atomic E-state index is 11.0. The molecule has 0 radical (unpaired) electrons. The Labute approximate surface area is 110 Å². The summed E-state index contributed by atoms with van der Waals surface area (Å²) in [7, 11) is 0. The van der Waals surface area contributed by atoms with Gasteiger partial charge in [-0.25, -0.2) is 4.98 Å². The molecule has 2 rings (SSSR count). The fourth-order valence-corrected chi connectivity index (χ4v) is 2.30. The topological polar surface area (TPSA) is 54.0 Å². The van der Waals surface area contributed by atoms with Crippen LogP contribution in [0.2, 0.25) is 0 Å². The number of benzene rings is 1. The summed E-state index contributed by atoms with van der Waals surface area (Å²) >= 11 is 1.58. The molecule has 18 heavy (non-hydrogen) atoms. The number of nitrogens with one attached hydrogen (secondary N) is 2. The number of thiazole rings is 1. The van der Waals surface area contributed by atoms with E-state index in [0.717, 1.165) is 17.1 Å². The fraction of sp³-hybridized carbons (Fsp3) is 0.231. The van der Waals surface area contributed by atoms with E-state index in [2.05, 4.69) is 22.5 Å². The molecule has 0 saturated carbocycles. The Hall–Kier alpha value is -1.88. The van der Waals surface area contributed by atoms with Crippen LogP contribution in [-0.4, -0.2) is 10.9 Å². The van der Waals surface area contributed by atoms with Gasteiger partial charge in [0.15, 0.2) is 0 Å². The quantitative estimate of drug-likeness (QED) is 0.888. The predicted molar refractivity (Wildman–Crippen MR) is 74.9 cm³/mol. The summed E-state index contributed by atoms with van der Waals surface area (Å²) < 4.78 is 0. The first-order chi connectivity index (χ1) is 8.65. The van der Waals surface area contributed by atoms with Gasteiger partial charge in [-0.05, 0) is 25.1 Å². The smallest absolute Gasteiger partial charge is 0.221 e. The van der Waals surface area contributed by atoms with Crippen molar-refractivity contribution in [1.29, 1.82) is 0 Å². The van der Waals surface area contributed by atoms with Crippen molar-refractivity contribution in [3.8, 4) is 0 Å². The lowest BCUT2D eigenvalue weighted by Crippen LogP contribution is -2.08. The van der Waals surface area contributed by atoms with Crippen LogP contribution < -0.4 is 10.6 Å². The molecule has 2 aromatic rings. The Morgan fingerprint density at radius 1 is 1.39 bits per heavy atom. The van der Waals surface area contributed by atoms with E-state index in [1.165, 1.54) is 6.92 Å². The lowest BCUT2D eigenvalue weighted by molar-refractivity contribution is -0.114. The molecule has 4 nitrogen and oxygen atoms in total. The molecule has 0 fully saturated rings. The Kier molecular flexibility index (Phi) is 3.94. The van der Waals surface area contributed by atoms with Crippen LogP contribution in [0.15, 0.2) is 35.2 Å². The highest BCUT2D eigenvalue weighted by Crippen LogP contribution is 2.21. The zero-order chi connectivity index (χ0) is 13.0. The average Bonchev–Trinajstić information content (AvgIpc) is 2.81. The minimum atomic E-state index is -0.0697. The van der Waals surface area contributed by atoms with Crippen molar-refractivity contribution in [3.63, 3.8) is 0 Å². The molecule has 1 amide bonds. The van der Waals surface area contributed by atoms with Crippen LogP contribution >= 0.6 is 11.3 Å². The second-order valence-electron chi connectivity index (χ2n) is 4.04. The molecule has 0 aliphatic heterocycles. The van der Waals surface area contributed by atoms with Gasteiger partial charge in [0.1, 0.15) is 0 Å². The van der Waals surface area contributed by atoms with E-state index in [9.17, 15) is 4.79 Å². The molecular weight excluding hydrogens is 246 g/mol. The van der Waals surface area contributed by atoms with E-state index in [1.807, 2.05) is 35.2 Å². The van der Waals surface area contributed by atoms with Gasteiger partial charge in [-0.3, -0.25) is 4.79 Å². The van der Waals surface area contributed by atoms with Crippen LogP contribution in [0.1, 0.15) is 25.6 Å². The van der Waals surface area contributed by atoms with Gasteiger partial charge in [0.25, 0.3) is 0 Å². The molecule has 0 bridgehead atoms. The van der Waals surface area contributed by atoms with Crippen molar-refractivity contribution >= 4 is 28.6 Å². The van der Waals surface area contributed by atoms with E-state index < -0.39 is 0 Å². The van der Waals surface area contributed by atoms with E-state index in [1.54, 1.807) is 11.3 Å². The van der Waals surface area contributed by atoms with Gasteiger partial charge in [0, 0.05) is 23.7 Å². The third kappa shape index (κ3) is 3.30. The Morgan fingerprint density at radius 2 is 2.17 bits per heavy atom. The molecule has 1 atom stereocenters. The van der Waals surface area contributed by atoms with E-state index in [4.69, 9.17) is 0 Å². The molecule has 5 heteroatoms.